The highest BCUT2D eigenvalue weighted by Crippen LogP contribution is 2.36. The van der Waals surface area contributed by atoms with E-state index < -0.39 is 22.5 Å². The quantitative estimate of drug-likeness (QED) is 0.330. The molecule has 1 amide bonds. The van der Waals surface area contributed by atoms with Gasteiger partial charge < -0.3 is 14.8 Å². The van der Waals surface area contributed by atoms with Crippen molar-refractivity contribution in [2.75, 3.05) is 26.1 Å². The number of hydrogen-bond donors (Lipinski definition) is 1. The highest BCUT2D eigenvalue weighted by molar-refractivity contribution is 7.89. The Bertz CT molecular complexity index is 1330. The van der Waals surface area contributed by atoms with Crippen LogP contribution in [0, 0.1) is 0 Å². The Kier molecular flexibility index (Phi) is 9.15. The molecule has 0 saturated carbocycles. The van der Waals surface area contributed by atoms with E-state index in [1.807, 2.05) is 0 Å². The summed E-state index contributed by atoms with van der Waals surface area (Å²) in [6, 6.07) is 13.3. The SMILES string of the molecule is COc1cc(NC(=O)CN(Cc2ccc(Cl)cc2Cl)S(=O)(=O)c2ccc(Cl)cc2)c(OC)cc1Cl. The number of nitrogens with one attached hydrogen (secondary N) is 1. The molecule has 0 aromatic heterocycles. The minimum Gasteiger partial charge on any atom is -0.495 e. The Labute approximate surface area is 223 Å². The number of carbonyl (C=O) groups excluding carboxylic acids is 1. The van der Waals surface area contributed by atoms with Crippen molar-refractivity contribution >= 4 is 68.0 Å². The molecule has 0 unspecified atom stereocenters. The molecule has 0 aliphatic rings. The van der Waals surface area contributed by atoms with Crippen molar-refractivity contribution in [1.29, 1.82) is 0 Å². The van der Waals surface area contributed by atoms with Crippen LogP contribution in [-0.2, 0) is 21.4 Å². The van der Waals surface area contributed by atoms with Gasteiger partial charge in [0.05, 0.1) is 36.4 Å². The fraction of sp³-hybridized carbons (Fsp3) is 0.174. The first kappa shape index (κ1) is 27.4. The first-order chi connectivity index (χ1) is 16.5. The Hall–Kier alpha value is -2.20. The van der Waals surface area contributed by atoms with Crippen LogP contribution in [0.25, 0.3) is 0 Å². The molecule has 0 radical (unpaired) electrons. The third-order valence-electron chi connectivity index (χ3n) is 4.88. The predicted octanol–water partition coefficient (Wildman–Crippen LogP) is 6.15. The molecule has 0 heterocycles. The van der Waals surface area contributed by atoms with Gasteiger partial charge in [0, 0.05) is 33.7 Å². The lowest BCUT2D eigenvalue weighted by molar-refractivity contribution is -0.116. The van der Waals surface area contributed by atoms with Gasteiger partial charge in [-0.3, -0.25) is 4.79 Å². The van der Waals surface area contributed by atoms with Gasteiger partial charge in [0.1, 0.15) is 11.5 Å². The van der Waals surface area contributed by atoms with Gasteiger partial charge in [-0.2, -0.15) is 4.31 Å². The summed E-state index contributed by atoms with van der Waals surface area (Å²) in [5, 5.41) is 3.97. The van der Waals surface area contributed by atoms with Crippen LogP contribution in [-0.4, -0.2) is 39.4 Å². The van der Waals surface area contributed by atoms with Crippen molar-refractivity contribution in [2.45, 2.75) is 11.4 Å². The number of methoxy groups -OCH3 is 2. The molecule has 12 heteroatoms. The van der Waals surface area contributed by atoms with Crippen LogP contribution in [0.5, 0.6) is 11.5 Å². The van der Waals surface area contributed by atoms with Crippen molar-refractivity contribution < 1.29 is 22.7 Å². The molecule has 0 atom stereocenters. The summed E-state index contributed by atoms with van der Waals surface area (Å²) >= 11 is 24.3. The summed E-state index contributed by atoms with van der Waals surface area (Å²) in [5.74, 6) is -0.0475. The van der Waals surface area contributed by atoms with Crippen LogP contribution in [0.4, 0.5) is 5.69 Å². The van der Waals surface area contributed by atoms with Crippen molar-refractivity contribution in [2.24, 2.45) is 0 Å². The van der Waals surface area contributed by atoms with Gasteiger partial charge in [0.2, 0.25) is 15.9 Å². The van der Waals surface area contributed by atoms with Gasteiger partial charge >= 0.3 is 0 Å². The summed E-state index contributed by atoms with van der Waals surface area (Å²) in [6.45, 7) is -0.715. The molecular weight excluding hydrogens is 558 g/mol. The average Bonchev–Trinajstić information content (AvgIpc) is 2.81. The molecule has 0 bridgehead atoms. The van der Waals surface area contributed by atoms with E-state index in [1.165, 1.54) is 56.7 Å². The van der Waals surface area contributed by atoms with Crippen LogP contribution < -0.4 is 14.8 Å². The van der Waals surface area contributed by atoms with Crippen LogP contribution >= 0.6 is 46.4 Å². The van der Waals surface area contributed by atoms with Crippen LogP contribution in [0.1, 0.15) is 5.56 Å². The van der Waals surface area contributed by atoms with Crippen molar-refractivity contribution in [3.63, 3.8) is 0 Å². The molecule has 3 rings (SSSR count). The standard InChI is InChI=1S/C23H20Cl4N2O5S/c1-33-21-11-20(22(34-2)10-19(21)27)28-23(30)13-29(12-14-3-4-16(25)9-18(14)26)35(31,32)17-7-5-15(24)6-8-17/h3-11H,12-13H2,1-2H3,(H,28,30). The Balaban J connectivity index is 1.95. The molecule has 186 valence electrons. The molecule has 3 aromatic carbocycles. The third-order valence-corrected chi connectivity index (χ3v) is 7.82. The third kappa shape index (κ3) is 6.73. The maximum absolute atomic E-state index is 13.5. The van der Waals surface area contributed by atoms with Crippen LogP contribution in [0.3, 0.4) is 0 Å². The molecule has 0 spiro atoms. The van der Waals surface area contributed by atoms with Crippen molar-refractivity contribution in [3.8, 4) is 11.5 Å². The minimum absolute atomic E-state index is 0.0365. The molecule has 0 aliphatic carbocycles. The van der Waals surface area contributed by atoms with E-state index in [2.05, 4.69) is 5.32 Å². The maximum Gasteiger partial charge on any atom is 0.243 e. The molecule has 7 nitrogen and oxygen atoms in total. The first-order valence-electron chi connectivity index (χ1n) is 9.96. The number of carbonyl (C=O) groups is 1. The Morgan fingerprint density at radius 3 is 2.09 bits per heavy atom. The van der Waals surface area contributed by atoms with Gasteiger partial charge in [-0.15, -0.1) is 0 Å². The topological polar surface area (TPSA) is 84.9 Å². The number of benzene rings is 3. The van der Waals surface area contributed by atoms with E-state index in [1.54, 1.807) is 12.1 Å². The normalized spacial score (nSPS) is 11.4. The highest BCUT2D eigenvalue weighted by atomic mass is 35.5. The summed E-state index contributed by atoms with van der Waals surface area (Å²) in [4.78, 5) is 13.0. The lowest BCUT2D eigenvalue weighted by Crippen LogP contribution is -2.37. The zero-order chi connectivity index (χ0) is 25.8. The lowest BCUT2D eigenvalue weighted by Gasteiger charge is -2.23. The number of nitrogens with zero attached hydrogens (tertiary/aromatic N) is 1. The van der Waals surface area contributed by atoms with Crippen LogP contribution in [0.15, 0.2) is 59.5 Å². The van der Waals surface area contributed by atoms with E-state index in [4.69, 9.17) is 55.9 Å². The van der Waals surface area contributed by atoms with Crippen molar-refractivity contribution in [3.05, 3.63) is 80.3 Å². The second-order valence-corrected chi connectivity index (χ2v) is 10.8. The fourth-order valence-corrected chi connectivity index (χ4v) is 5.33. The number of halogens is 4. The van der Waals surface area contributed by atoms with E-state index in [0.29, 0.717) is 21.4 Å². The van der Waals surface area contributed by atoms with Crippen molar-refractivity contribution in [1.82, 2.24) is 4.31 Å². The van der Waals surface area contributed by atoms with Gasteiger partial charge in [-0.05, 0) is 42.0 Å². The zero-order valence-corrected chi connectivity index (χ0v) is 22.4. The zero-order valence-electron chi connectivity index (χ0n) is 18.5. The number of anilines is 1. The van der Waals surface area contributed by atoms with E-state index in [9.17, 15) is 13.2 Å². The monoisotopic (exact) mass is 576 g/mol. The smallest absolute Gasteiger partial charge is 0.243 e. The Morgan fingerprint density at radius 2 is 1.49 bits per heavy atom. The average molecular weight is 578 g/mol. The van der Waals surface area contributed by atoms with E-state index >= 15 is 0 Å². The largest absolute Gasteiger partial charge is 0.495 e. The summed E-state index contributed by atoms with van der Waals surface area (Å²) in [5.41, 5.74) is 0.722. The van der Waals surface area contributed by atoms with E-state index in [0.717, 1.165) is 4.31 Å². The minimum atomic E-state index is -4.12. The fourth-order valence-electron chi connectivity index (χ4n) is 3.13. The summed E-state index contributed by atoms with van der Waals surface area (Å²) in [7, 11) is -1.28. The number of sulfonamides is 1. The summed E-state index contributed by atoms with van der Waals surface area (Å²) < 4.78 is 38.4. The summed E-state index contributed by atoms with van der Waals surface area (Å²) in [6.07, 6.45) is 0. The molecule has 3 aromatic rings. The molecule has 35 heavy (non-hydrogen) atoms. The van der Waals surface area contributed by atoms with Gasteiger partial charge in [-0.1, -0.05) is 52.5 Å². The number of hydrogen-bond acceptors (Lipinski definition) is 5. The second-order valence-electron chi connectivity index (χ2n) is 7.20. The van der Waals surface area contributed by atoms with Gasteiger partial charge in [0.25, 0.3) is 0 Å². The molecule has 0 aliphatic heterocycles. The number of amides is 1. The molecule has 0 saturated heterocycles. The molecule has 0 fully saturated rings. The predicted molar refractivity (Wildman–Crippen MR) is 139 cm³/mol. The number of rotatable bonds is 9. The van der Waals surface area contributed by atoms with Gasteiger partial charge in [0.15, 0.2) is 0 Å². The molecular formula is C23H20Cl4N2O5S. The first-order valence-corrected chi connectivity index (χ1v) is 12.9. The maximum atomic E-state index is 13.5. The lowest BCUT2D eigenvalue weighted by atomic mass is 10.2. The van der Waals surface area contributed by atoms with E-state index in [-0.39, 0.29) is 32.9 Å². The second kappa shape index (κ2) is 11.7. The van der Waals surface area contributed by atoms with Crippen LogP contribution in [0.2, 0.25) is 20.1 Å². The number of ether oxygens (including phenoxy) is 2. The highest BCUT2D eigenvalue weighted by Gasteiger charge is 2.28. The molecule has 1 N–H and O–H groups in total. The Morgan fingerprint density at radius 1 is 0.857 bits per heavy atom. The van der Waals surface area contributed by atoms with Gasteiger partial charge in [-0.25, -0.2) is 8.42 Å².